The first-order chi connectivity index (χ1) is 8.99. The topological polar surface area (TPSA) is 127 Å². The molecule has 0 saturated heterocycles. The van der Waals surface area contributed by atoms with E-state index in [0.717, 1.165) is 6.20 Å². The molecule has 0 spiro atoms. The monoisotopic (exact) mass is 280 g/mol. The minimum atomic E-state index is -3.98. The van der Waals surface area contributed by atoms with Gasteiger partial charge in [-0.05, 0) is 0 Å². The van der Waals surface area contributed by atoms with Crippen LogP contribution in [0, 0.1) is 0 Å². The molecule has 1 amide bonds. The molecule has 0 unspecified atom stereocenters. The van der Waals surface area contributed by atoms with Gasteiger partial charge in [0.1, 0.15) is 11.4 Å². The molecule has 2 aliphatic rings. The van der Waals surface area contributed by atoms with E-state index in [4.69, 9.17) is 10.5 Å². The largest absolute Gasteiger partial charge is 0.461 e. The molecule has 3 N–H and O–H groups in total. The third kappa shape index (κ3) is 1.74. The van der Waals surface area contributed by atoms with Crippen LogP contribution in [-0.4, -0.2) is 37.8 Å². The molecule has 0 atom stereocenters. The molecular formula is C10H8N4O4S. The summed E-state index contributed by atoms with van der Waals surface area (Å²) in [6.07, 6.45) is 3.80. The van der Waals surface area contributed by atoms with E-state index in [0.29, 0.717) is 5.57 Å². The van der Waals surface area contributed by atoms with Crippen molar-refractivity contribution in [2.75, 3.05) is 6.54 Å². The molecule has 98 valence electrons. The summed E-state index contributed by atoms with van der Waals surface area (Å²) < 4.78 is 33.1. The lowest BCUT2D eigenvalue weighted by atomic mass is 10.2. The van der Waals surface area contributed by atoms with Crippen LogP contribution in [0.2, 0.25) is 0 Å². The Labute approximate surface area is 107 Å². The van der Waals surface area contributed by atoms with Gasteiger partial charge in [0, 0.05) is 18.0 Å². The van der Waals surface area contributed by atoms with Gasteiger partial charge in [-0.25, -0.2) is 0 Å². The van der Waals surface area contributed by atoms with Crippen LogP contribution in [0.5, 0.6) is 5.75 Å². The average Bonchev–Trinajstić information content (AvgIpc) is 2.90. The van der Waals surface area contributed by atoms with Crippen LogP contribution < -0.4 is 10.5 Å². The molecule has 2 aliphatic heterocycles. The number of hydrogen-bond donors (Lipinski definition) is 2. The van der Waals surface area contributed by atoms with Crippen LogP contribution in [0.1, 0.15) is 10.5 Å². The molecular weight excluding hydrogens is 272 g/mol. The number of fused-ring (bicyclic) bond motifs is 2. The number of carbonyl (C=O) groups excluding carboxylic acids is 1. The lowest BCUT2D eigenvalue weighted by molar-refractivity contribution is 0.0993. The number of aliphatic imine (C=N–C) groups is 1. The molecule has 0 radical (unpaired) electrons. The highest BCUT2D eigenvalue weighted by atomic mass is 32.2. The van der Waals surface area contributed by atoms with Crippen molar-refractivity contribution in [3.8, 4) is 5.75 Å². The van der Waals surface area contributed by atoms with Gasteiger partial charge in [-0.2, -0.15) is 12.8 Å². The van der Waals surface area contributed by atoms with Gasteiger partial charge in [-0.1, -0.05) is 0 Å². The number of primary amides is 1. The lowest BCUT2D eigenvalue weighted by Gasteiger charge is -2.08. The van der Waals surface area contributed by atoms with E-state index in [1.165, 1.54) is 12.5 Å². The second kappa shape index (κ2) is 3.79. The quantitative estimate of drug-likeness (QED) is 0.725. The Morgan fingerprint density at radius 2 is 2.26 bits per heavy atom. The number of sulfonamides is 1. The number of H-pyrrole nitrogens is 1. The number of aromatic amines is 1. The summed E-state index contributed by atoms with van der Waals surface area (Å²) in [4.78, 5) is 17.4. The van der Waals surface area contributed by atoms with E-state index in [9.17, 15) is 13.2 Å². The number of nitrogens with two attached hydrogens (primary N) is 1. The molecule has 0 bridgehead atoms. The molecule has 0 aliphatic carbocycles. The van der Waals surface area contributed by atoms with E-state index in [1.54, 1.807) is 0 Å². The molecule has 3 heterocycles. The molecule has 0 saturated carbocycles. The van der Waals surface area contributed by atoms with Crippen LogP contribution in [0.4, 0.5) is 0 Å². The number of carbonyl (C=O) groups is 1. The van der Waals surface area contributed by atoms with E-state index >= 15 is 0 Å². The Morgan fingerprint density at radius 3 is 3.00 bits per heavy atom. The van der Waals surface area contributed by atoms with E-state index in [2.05, 4.69) is 14.4 Å². The van der Waals surface area contributed by atoms with Crippen molar-refractivity contribution in [2.24, 2.45) is 15.1 Å². The van der Waals surface area contributed by atoms with Crippen molar-refractivity contribution in [3.63, 3.8) is 0 Å². The number of hydrogen-bond acceptors (Lipinski definition) is 5. The first kappa shape index (κ1) is 11.7. The van der Waals surface area contributed by atoms with Gasteiger partial charge in [0.15, 0.2) is 10.6 Å². The molecule has 19 heavy (non-hydrogen) atoms. The normalized spacial score (nSPS) is 22.1. The zero-order chi connectivity index (χ0) is 13.6. The standard InChI is InChI=1S/C10H8N4O4S/c11-10(15)8-9-7(3-13-8)19(16,17)14-6-2-12-1-5(6)4-18-9/h2-4,13H,1H2,(H2,11,15)/b5-4-,14-6?. The van der Waals surface area contributed by atoms with Crippen molar-refractivity contribution < 1.29 is 17.9 Å². The summed E-state index contributed by atoms with van der Waals surface area (Å²) in [6.45, 7) is 0.278. The Kier molecular flexibility index (Phi) is 2.32. The van der Waals surface area contributed by atoms with Gasteiger partial charge in [0.2, 0.25) is 0 Å². The van der Waals surface area contributed by atoms with Gasteiger partial charge in [0.05, 0.1) is 12.8 Å². The fraction of sp³-hybridized carbons (Fsp3) is 0.100. The number of aromatic nitrogens is 1. The van der Waals surface area contributed by atoms with Crippen LogP contribution in [-0.2, 0) is 10.0 Å². The molecule has 9 heteroatoms. The predicted octanol–water partition coefficient (Wildman–Crippen LogP) is -0.396. The van der Waals surface area contributed by atoms with Crippen LogP contribution >= 0.6 is 0 Å². The second-order valence-electron chi connectivity index (χ2n) is 3.90. The molecule has 8 nitrogen and oxygen atoms in total. The highest BCUT2D eigenvalue weighted by Gasteiger charge is 2.29. The molecule has 1 aromatic heterocycles. The fourth-order valence-electron chi connectivity index (χ4n) is 1.77. The number of amides is 1. The smallest absolute Gasteiger partial charge is 0.288 e. The summed E-state index contributed by atoms with van der Waals surface area (Å²) in [5, 5.41) is 0. The molecule has 0 aromatic carbocycles. The number of nitrogens with zero attached hydrogens (tertiary/aromatic N) is 2. The van der Waals surface area contributed by atoms with Crippen molar-refractivity contribution in [3.05, 3.63) is 23.7 Å². The van der Waals surface area contributed by atoms with Crippen molar-refractivity contribution in [1.29, 1.82) is 0 Å². The first-order valence-corrected chi connectivity index (χ1v) is 6.65. The summed E-state index contributed by atoms with van der Waals surface area (Å²) in [5.74, 6) is -0.961. The minimum Gasteiger partial charge on any atom is -0.461 e. The van der Waals surface area contributed by atoms with Crippen molar-refractivity contribution >= 4 is 27.9 Å². The summed E-state index contributed by atoms with van der Waals surface area (Å²) in [7, 11) is -3.98. The summed E-state index contributed by atoms with van der Waals surface area (Å²) in [6, 6.07) is 0. The zero-order valence-electron chi connectivity index (χ0n) is 9.45. The van der Waals surface area contributed by atoms with Crippen LogP contribution in [0.15, 0.2) is 32.3 Å². The third-order valence-electron chi connectivity index (χ3n) is 2.66. The summed E-state index contributed by atoms with van der Waals surface area (Å²) in [5.41, 5.74) is 5.77. The van der Waals surface area contributed by atoms with E-state index in [-0.39, 0.29) is 28.6 Å². The van der Waals surface area contributed by atoms with Gasteiger partial charge in [0.25, 0.3) is 15.9 Å². The Morgan fingerprint density at radius 1 is 1.47 bits per heavy atom. The van der Waals surface area contributed by atoms with Crippen molar-refractivity contribution in [2.45, 2.75) is 4.90 Å². The highest BCUT2D eigenvalue weighted by molar-refractivity contribution is 7.90. The Bertz CT molecular complexity index is 769. The third-order valence-corrected chi connectivity index (χ3v) is 3.96. The van der Waals surface area contributed by atoms with Gasteiger partial charge < -0.3 is 15.5 Å². The average molecular weight is 280 g/mol. The predicted molar refractivity (Wildman–Crippen MR) is 66.0 cm³/mol. The van der Waals surface area contributed by atoms with E-state index < -0.39 is 15.9 Å². The van der Waals surface area contributed by atoms with Gasteiger partial charge in [-0.3, -0.25) is 9.79 Å². The maximum atomic E-state index is 12.1. The first-order valence-electron chi connectivity index (χ1n) is 5.21. The molecule has 3 rings (SSSR count). The zero-order valence-corrected chi connectivity index (χ0v) is 10.3. The second-order valence-corrected chi connectivity index (χ2v) is 5.48. The Balaban J connectivity index is 2.26. The number of nitrogens with one attached hydrogen (secondary N) is 1. The van der Waals surface area contributed by atoms with Crippen LogP contribution in [0.3, 0.4) is 0 Å². The SMILES string of the molecule is NC(=O)c1[nH]cc2c1O/C=C1/CN=CC1=NS2(=O)=O. The maximum absolute atomic E-state index is 12.1. The molecule has 1 aromatic rings. The highest BCUT2D eigenvalue weighted by Crippen LogP contribution is 2.31. The summed E-state index contributed by atoms with van der Waals surface area (Å²) >= 11 is 0. The van der Waals surface area contributed by atoms with Crippen molar-refractivity contribution in [1.82, 2.24) is 4.98 Å². The fourth-order valence-corrected chi connectivity index (χ4v) is 2.88. The Hall–Kier alpha value is -2.42. The van der Waals surface area contributed by atoms with Crippen LogP contribution in [0.25, 0.3) is 0 Å². The van der Waals surface area contributed by atoms with E-state index in [1.807, 2.05) is 0 Å². The molecule has 0 fully saturated rings. The minimum absolute atomic E-state index is 0.118. The number of rotatable bonds is 1. The van der Waals surface area contributed by atoms with Gasteiger partial charge >= 0.3 is 0 Å². The maximum Gasteiger partial charge on any atom is 0.288 e. The lowest BCUT2D eigenvalue weighted by Crippen LogP contribution is -2.14. The van der Waals surface area contributed by atoms with Gasteiger partial charge in [-0.15, -0.1) is 0 Å². The number of ether oxygens (including phenoxy) is 1.